The standard InChI is InChI=1S/C14H13BrN2O4S2/c1-23(20,21)8-9-2-4-10(5-3-9)13(18)16-17-14(19)11-6-7-12(15)22-11/h2-7H,8H2,1H3,(H,16,18)(H,17,19). The summed E-state index contributed by atoms with van der Waals surface area (Å²) in [5.41, 5.74) is 5.54. The third kappa shape index (κ3) is 5.45. The Morgan fingerprint density at radius 1 is 1.04 bits per heavy atom. The van der Waals surface area contributed by atoms with E-state index in [1.54, 1.807) is 24.3 Å². The Balaban J connectivity index is 1.94. The van der Waals surface area contributed by atoms with E-state index in [9.17, 15) is 18.0 Å². The average molecular weight is 417 g/mol. The highest BCUT2D eigenvalue weighted by molar-refractivity contribution is 9.11. The van der Waals surface area contributed by atoms with Crippen LogP contribution < -0.4 is 10.9 Å². The van der Waals surface area contributed by atoms with Crippen molar-refractivity contribution in [3.63, 3.8) is 0 Å². The number of hydrogen-bond donors (Lipinski definition) is 2. The first-order chi connectivity index (χ1) is 10.7. The number of sulfone groups is 1. The van der Waals surface area contributed by atoms with Gasteiger partial charge in [0.15, 0.2) is 9.84 Å². The molecule has 0 saturated carbocycles. The Labute approximate surface area is 145 Å². The minimum absolute atomic E-state index is 0.0844. The number of thiophene rings is 1. The lowest BCUT2D eigenvalue weighted by molar-refractivity contribution is 0.0849. The highest BCUT2D eigenvalue weighted by Crippen LogP contribution is 2.21. The summed E-state index contributed by atoms with van der Waals surface area (Å²) >= 11 is 4.50. The molecular weight excluding hydrogens is 404 g/mol. The molecule has 0 aliphatic rings. The molecule has 0 fully saturated rings. The Kier molecular flexibility index (Phi) is 5.55. The number of hydrogen-bond acceptors (Lipinski definition) is 5. The van der Waals surface area contributed by atoms with E-state index in [-0.39, 0.29) is 5.75 Å². The first kappa shape index (κ1) is 17.6. The number of hydrazine groups is 1. The van der Waals surface area contributed by atoms with Crippen LogP contribution in [0, 0.1) is 0 Å². The highest BCUT2D eigenvalue weighted by Gasteiger charge is 2.11. The first-order valence-electron chi connectivity index (χ1n) is 6.37. The maximum atomic E-state index is 11.9. The Morgan fingerprint density at radius 2 is 1.65 bits per heavy atom. The van der Waals surface area contributed by atoms with Crippen molar-refractivity contribution in [2.24, 2.45) is 0 Å². The number of benzene rings is 1. The van der Waals surface area contributed by atoms with Crippen molar-refractivity contribution in [2.45, 2.75) is 5.75 Å². The van der Waals surface area contributed by atoms with Gasteiger partial charge in [0, 0.05) is 11.8 Å². The molecule has 1 aromatic heterocycles. The molecule has 2 aromatic rings. The Hall–Kier alpha value is -1.71. The zero-order chi connectivity index (χ0) is 17.0. The summed E-state index contributed by atoms with van der Waals surface area (Å²) in [5, 5.41) is 0. The average Bonchev–Trinajstić information content (AvgIpc) is 2.90. The summed E-state index contributed by atoms with van der Waals surface area (Å²) in [4.78, 5) is 24.2. The topological polar surface area (TPSA) is 92.3 Å². The van der Waals surface area contributed by atoms with Crippen molar-refractivity contribution in [1.82, 2.24) is 10.9 Å². The fourth-order valence-corrected chi connectivity index (χ4v) is 3.82. The summed E-state index contributed by atoms with van der Waals surface area (Å²) in [6.07, 6.45) is 1.14. The number of carbonyl (C=O) groups excluding carboxylic acids is 2. The van der Waals surface area contributed by atoms with Gasteiger partial charge in [-0.15, -0.1) is 11.3 Å². The van der Waals surface area contributed by atoms with Gasteiger partial charge < -0.3 is 0 Å². The van der Waals surface area contributed by atoms with Crippen molar-refractivity contribution in [3.05, 3.63) is 56.2 Å². The molecule has 0 aliphatic carbocycles. The summed E-state index contributed by atoms with van der Waals surface area (Å²) in [7, 11) is -3.12. The van der Waals surface area contributed by atoms with Crippen LogP contribution in [0.3, 0.4) is 0 Å². The number of nitrogens with one attached hydrogen (secondary N) is 2. The van der Waals surface area contributed by atoms with Crippen LogP contribution in [0.5, 0.6) is 0 Å². The van der Waals surface area contributed by atoms with Gasteiger partial charge in [-0.05, 0) is 45.8 Å². The van der Waals surface area contributed by atoms with Crippen LogP contribution in [0.4, 0.5) is 0 Å². The zero-order valence-electron chi connectivity index (χ0n) is 12.0. The van der Waals surface area contributed by atoms with Crippen LogP contribution in [0.1, 0.15) is 25.6 Å². The maximum absolute atomic E-state index is 11.9. The summed E-state index contributed by atoms with van der Waals surface area (Å²) in [6.45, 7) is 0. The second-order valence-electron chi connectivity index (χ2n) is 4.78. The zero-order valence-corrected chi connectivity index (χ0v) is 15.2. The number of halogens is 1. The first-order valence-corrected chi connectivity index (χ1v) is 10.0. The van der Waals surface area contributed by atoms with Crippen molar-refractivity contribution in [2.75, 3.05) is 6.26 Å². The van der Waals surface area contributed by atoms with Crippen molar-refractivity contribution >= 4 is 48.9 Å². The van der Waals surface area contributed by atoms with E-state index in [0.717, 1.165) is 10.0 Å². The van der Waals surface area contributed by atoms with E-state index in [0.29, 0.717) is 16.0 Å². The van der Waals surface area contributed by atoms with Gasteiger partial charge in [-0.2, -0.15) is 0 Å². The lowest BCUT2D eigenvalue weighted by Crippen LogP contribution is -2.41. The number of carbonyl (C=O) groups is 2. The molecule has 1 heterocycles. The van der Waals surface area contributed by atoms with Crippen LogP contribution in [-0.4, -0.2) is 26.5 Å². The molecule has 2 amide bonds. The predicted molar refractivity (Wildman–Crippen MR) is 91.9 cm³/mol. The van der Waals surface area contributed by atoms with E-state index in [2.05, 4.69) is 26.8 Å². The molecule has 0 radical (unpaired) electrons. The molecule has 0 saturated heterocycles. The van der Waals surface area contributed by atoms with Crippen molar-refractivity contribution in [1.29, 1.82) is 0 Å². The van der Waals surface area contributed by atoms with Crippen LogP contribution in [0.2, 0.25) is 0 Å². The van der Waals surface area contributed by atoms with Crippen molar-refractivity contribution in [3.8, 4) is 0 Å². The van der Waals surface area contributed by atoms with Crippen LogP contribution >= 0.6 is 27.3 Å². The van der Waals surface area contributed by atoms with Gasteiger partial charge in [-0.3, -0.25) is 20.4 Å². The molecule has 0 aliphatic heterocycles. The molecule has 2 N–H and O–H groups in total. The van der Waals surface area contributed by atoms with E-state index in [1.165, 1.54) is 23.5 Å². The van der Waals surface area contributed by atoms with Gasteiger partial charge in [0.25, 0.3) is 11.8 Å². The van der Waals surface area contributed by atoms with Gasteiger partial charge in [0.05, 0.1) is 14.4 Å². The van der Waals surface area contributed by atoms with Gasteiger partial charge in [0.1, 0.15) is 0 Å². The minimum Gasteiger partial charge on any atom is -0.267 e. The third-order valence-corrected chi connectivity index (χ3v) is 5.21. The highest BCUT2D eigenvalue weighted by atomic mass is 79.9. The maximum Gasteiger partial charge on any atom is 0.279 e. The van der Waals surface area contributed by atoms with Gasteiger partial charge >= 0.3 is 0 Å². The summed E-state index contributed by atoms with van der Waals surface area (Å²) in [5.74, 6) is -0.985. The monoisotopic (exact) mass is 416 g/mol. The van der Waals surface area contributed by atoms with E-state index >= 15 is 0 Å². The molecule has 1 aromatic carbocycles. The molecule has 23 heavy (non-hydrogen) atoms. The molecular formula is C14H13BrN2O4S2. The predicted octanol–water partition coefficient (Wildman–Crippen LogP) is 2.13. The lowest BCUT2D eigenvalue weighted by Gasteiger charge is -2.07. The Bertz CT molecular complexity index is 829. The normalized spacial score (nSPS) is 11.0. The second kappa shape index (κ2) is 7.24. The third-order valence-electron chi connectivity index (χ3n) is 2.73. The summed E-state index contributed by atoms with van der Waals surface area (Å²) < 4.78 is 23.2. The van der Waals surface area contributed by atoms with Gasteiger partial charge in [0.2, 0.25) is 0 Å². The van der Waals surface area contributed by atoms with Crippen LogP contribution in [-0.2, 0) is 15.6 Å². The van der Waals surface area contributed by atoms with E-state index in [1.807, 2.05) is 0 Å². The van der Waals surface area contributed by atoms with Gasteiger partial charge in [-0.1, -0.05) is 12.1 Å². The number of rotatable bonds is 4. The number of amides is 2. The molecule has 6 nitrogen and oxygen atoms in total. The second-order valence-corrected chi connectivity index (χ2v) is 9.38. The van der Waals surface area contributed by atoms with Crippen LogP contribution in [0.15, 0.2) is 40.2 Å². The fraction of sp³-hybridized carbons (Fsp3) is 0.143. The fourth-order valence-electron chi connectivity index (χ4n) is 1.74. The summed E-state index contributed by atoms with van der Waals surface area (Å²) in [6, 6.07) is 9.51. The Morgan fingerprint density at radius 3 is 2.17 bits per heavy atom. The lowest BCUT2D eigenvalue weighted by atomic mass is 10.1. The molecule has 0 unspecified atom stereocenters. The molecule has 2 rings (SSSR count). The van der Waals surface area contributed by atoms with Crippen molar-refractivity contribution < 1.29 is 18.0 Å². The molecule has 0 bridgehead atoms. The molecule has 0 spiro atoms. The minimum atomic E-state index is -3.12. The molecule has 122 valence electrons. The molecule has 0 atom stereocenters. The quantitative estimate of drug-likeness (QED) is 0.746. The van der Waals surface area contributed by atoms with E-state index < -0.39 is 21.7 Å². The largest absolute Gasteiger partial charge is 0.279 e. The van der Waals surface area contributed by atoms with E-state index in [4.69, 9.17) is 0 Å². The SMILES string of the molecule is CS(=O)(=O)Cc1ccc(C(=O)NNC(=O)c2ccc(Br)s2)cc1. The van der Waals surface area contributed by atoms with Gasteiger partial charge in [-0.25, -0.2) is 8.42 Å². The smallest absolute Gasteiger partial charge is 0.267 e. The molecule has 9 heteroatoms. The van der Waals surface area contributed by atoms with Crippen LogP contribution in [0.25, 0.3) is 0 Å².